The fourth-order valence-corrected chi connectivity index (χ4v) is 3.40. The Morgan fingerprint density at radius 3 is 2.82 bits per heavy atom. The fourth-order valence-electron chi connectivity index (χ4n) is 3.40. The second-order valence-corrected chi connectivity index (χ2v) is 7.74. The van der Waals surface area contributed by atoms with Crippen LogP contribution >= 0.6 is 0 Å². The molecular formula is C22H25N3O3. The summed E-state index contributed by atoms with van der Waals surface area (Å²) in [6.45, 7) is 5.53. The first kappa shape index (κ1) is 18.3. The van der Waals surface area contributed by atoms with Gasteiger partial charge in [-0.3, -0.25) is 4.79 Å². The number of fused-ring (bicyclic) bond motifs is 2. The maximum atomic E-state index is 12.9. The molecule has 2 N–H and O–H groups in total. The number of amides is 1. The Bertz CT molecular complexity index is 961. The molecule has 0 radical (unpaired) electrons. The van der Waals surface area contributed by atoms with Gasteiger partial charge < -0.3 is 19.8 Å². The maximum absolute atomic E-state index is 12.9. The van der Waals surface area contributed by atoms with E-state index in [9.17, 15) is 4.79 Å². The van der Waals surface area contributed by atoms with E-state index in [0.29, 0.717) is 26.2 Å². The van der Waals surface area contributed by atoms with E-state index in [-0.39, 0.29) is 5.91 Å². The van der Waals surface area contributed by atoms with Crippen LogP contribution in [0.2, 0.25) is 0 Å². The molecule has 1 aromatic heterocycles. The second-order valence-electron chi connectivity index (χ2n) is 7.74. The zero-order valence-electron chi connectivity index (χ0n) is 16.2. The van der Waals surface area contributed by atoms with Gasteiger partial charge in [0.05, 0.1) is 29.7 Å². The molecule has 0 fully saturated rings. The van der Waals surface area contributed by atoms with Crippen molar-refractivity contribution in [1.82, 2.24) is 15.3 Å². The first-order valence-electron chi connectivity index (χ1n) is 9.62. The summed E-state index contributed by atoms with van der Waals surface area (Å²) in [6.07, 6.45) is 1.38. The molecule has 4 rings (SSSR count). The third-order valence-corrected chi connectivity index (χ3v) is 4.95. The number of hydrogen-bond acceptors (Lipinski definition) is 4. The lowest BCUT2D eigenvalue weighted by atomic mass is 9.88. The first-order chi connectivity index (χ1) is 13.5. The van der Waals surface area contributed by atoms with E-state index in [4.69, 9.17) is 9.47 Å². The zero-order valence-corrected chi connectivity index (χ0v) is 16.2. The molecule has 1 aliphatic rings. The molecule has 0 saturated carbocycles. The van der Waals surface area contributed by atoms with Crippen molar-refractivity contribution in [2.45, 2.75) is 33.2 Å². The highest BCUT2D eigenvalue weighted by Crippen LogP contribution is 2.33. The third-order valence-electron chi connectivity index (χ3n) is 4.95. The van der Waals surface area contributed by atoms with Crippen LogP contribution in [0.5, 0.6) is 11.5 Å². The normalized spacial score (nSPS) is 13.9. The van der Waals surface area contributed by atoms with Crippen LogP contribution in [0.4, 0.5) is 0 Å². The Labute approximate surface area is 164 Å². The summed E-state index contributed by atoms with van der Waals surface area (Å²) in [5, 5.41) is 3.05. The number of carbonyl (C=O) groups is 1. The lowest BCUT2D eigenvalue weighted by Gasteiger charge is -2.23. The minimum Gasteiger partial charge on any atom is -0.490 e. The SMILES string of the molecule is CC(C)(Cc1nc2ccccc2[nH]1)C(=O)NCc1cccc2c1OCCCO2. The van der Waals surface area contributed by atoms with Crippen molar-refractivity contribution in [3.63, 3.8) is 0 Å². The molecule has 28 heavy (non-hydrogen) atoms. The number of rotatable bonds is 5. The summed E-state index contributed by atoms with van der Waals surface area (Å²) >= 11 is 0. The van der Waals surface area contributed by atoms with Crippen molar-refractivity contribution in [1.29, 1.82) is 0 Å². The number of benzene rings is 2. The van der Waals surface area contributed by atoms with E-state index < -0.39 is 5.41 Å². The Balaban J connectivity index is 1.44. The first-order valence-corrected chi connectivity index (χ1v) is 9.62. The van der Waals surface area contributed by atoms with Crippen LogP contribution in [-0.4, -0.2) is 29.1 Å². The van der Waals surface area contributed by atoms with Crippen molar-refractivity contribution in [2.75, 3.05) is 13.2 Å². The van der Waals surface area contributed by atoms with E-state index in [2.05, 4.69) is 15.3 Å². The van der Waals surface area contributed by atoms with Crippen molar-refractivity contribution in [3.05, 3.63) is 53.9 Å². The van der Waals surface area contributed by atoms with Crippen LogP contribution in [0.3, 0.4) is 0 Å². The predicted molar refractivity (Wildman–Crippen MR) is 107 cm³/mol. The van der Waals surface area contributed by atoms with Gasteiger partial charge in [-0.2, -0.15) is 0 Å². The average Bonchev–Trinajstić information content (AvgIpc) is 2.91. The van der Waals surface area contributed by atoms with Gasteiger partial charge in [0.1, 0.15) is 5.82 Å². The minimum absolute atomic E-state index is 0.0277. The predicted octanol–water partition coefficient (Wildman–Crippen LogP) is 3.61. The molecule has 0 aliphatic carbocycles. The lowest BCUT2D eigenvalue weighted by Crippen LogP contribution is -2.38. The summed E-state index contributed by atoms with van der Waals surface area (Å²) in [6, 6.07) is 13.7. The number of H-pyrrole nitrogens is 1. The standard InChI is InChI=1S/C22H25N3O3/c1-22(2,13-19-24-16-8-3-4-9-17(16)25-19)21(26)23-14-15-7-5-10-18-20(15)28-12-6-11-27-18/h3-5,7-10H,6,11-14H2,1-2H3,(H,23,26)(H,24,25). The number of nitrogens with one attached hydrogen (secondary N) is 2. The lowest BCUT2D eigenvalue weighted by molar-refractivity contribution is -0.129. The monoisotopic (exact) mass is 379 g/mol. The van der Waals surface area contributed by atoms with Crippen molar-refractivity contribution < 1.29 is 14.3 Å². The molecule has 3 aromatic rings. The zero-order chi connectivity index (χ0) is 19.6. The molecule has 0 unspecified atom stereocenters. The van der Waals surface area contributed by atoms with Crippen LogP contribution in [0.15, 0.2) is 42.5 Å². The van der Waals surface area contributed by atoms with Crippen LogP contribution < -0.4 is 14.8 Å². The molecule has 2 heterocycles. The van der Waals surface area contributed by atoms with Crippen LogP contribution in [0.1, 0.15) is 31.7 Å². The van der Waals surface area contributed by atoms with Gasteiger partial charge in [0.2, 0.25) is 5.91 Å². The number of imidazole rings is 1. The molecule has 0 atom stereocenters. The number of para-hydroxylation sites is 3. The highest BCUT2D eigenvalue weighted by atomic mass is 16.5. The fraction of sp³-hybridized carbons (Fsp3) is 0.364. The van der Waals surface area contributed by atoms with Crippen molar-refractivity contribution in [2.24, 2.45) is 5.41 Å². The highest BCUT2D eigenvalue weighted by molar-refractivity contribution is 5.82. The Morgan fingerprint density at radius 1 is 1.14 bits per heavy atom. The Hall–Kier alpha value is -3.02. The van der Waals surface area contributed by atoms with Gasteiger partial charge in [-0.05, 0) is 18.2 Å². The number of nitrogens with zero attached hydrogens (tertiary/aromatic N) is 1. The summed E-state index contributed by atoms with van der Waals surface area (Å²) < 4.78 is 11.6. The van der Waals surface area contributed by atoms with E-state index in [1.807, 2.05) is 56.3 Å². The molecule has 2 aromatic carbocycles. The number of ether oxygens (including phenoxy) is 2. The van der Waals surface area contributed by atoms with Crippen molar-refractivity contribution in [3.8, 4) is 11.5 Å². The van der Waals surface area contributed by atoms with E-state index in [1.54, 1.807) is 0 Å². The van der Waals surface area contributed by atoms with Crippen LogP contribution in [0, 0.1) is 5.41 Å². The molecule has 146 valence electrons. The highest BCUT2D eigenvalue weighted by Gasteiger charge is 2.29. The maximum Gasteiger partial charge on any atom is 0.226 e. The molecule has 0 spiro atoms. The van der Waals surface area contributed by atoms with E-state index in [1.165, 1.54) is 0 Å². The summed E-state index contributed by atoms with van der Waals surface area (Å²) in [5.74, 6) is 2.26. The molecule has 0 bridgehead atoms. The van der Waals surface area contributed by atoms with Gasteiger partial charge in [-0.1, -0.05) is 38.1 Å². The molecule has 6 nitrogen and oxygen atoms in total. The molecule has 1 aliphatic heterocycles. The van der Waals surface area contributed by atoms with Gasteiger partial charge >= 0.3 is 0 Å². The number of aromatic nitrogens is 2. The Kier molecular flexibility index (Phi) is 4.94. The average molecular weight is 379 g/mol. The van der Waals surface area contributed by atoms with Crippen molar-refractivity contribution >= 4 is 16.9 Å². The second kappa shape index (κ2) is 7.54. The van der Waals surface area contributed by atoms with E-state index in [0.717, 1.165) is 40.3 Å². The summed E-state index contributed by atoms with van der Waals surface area (Å²) in [7, 11) is 0. The molecule has 0 saturated heterocycles. The molecule has 1 amide bonds. The van der Waals surface area contributed by atoms with Gasteiger partial charge in [-0.25, -0.2) is 4.98 Å². The Morgan fingerprint density at radius 2 is 1.96 bits per heavy atom. The summed E-state index contributed by atoms with van der Waals surface area (Å²) in [5.41, 5.74) is 2.22. The van der Waals surface area contributed by atoms with Gasteiger partial charge in [0.15, 0.2) is 11.5 Å². The van der Waals surface area contributed by atoms with Gasteiger partial charge in [0, 0.05) is 24.9 Å². The number of aromatic amines is 1. The largest absolute Gasteiger partial charge is 0.490 e. The minimum atomic E-state index is -0.600. The smallest absolute Gasteiger partial charge is 0.226 e. The topological polar surface area (TPSA) is 76.2 Å². The molecule has 6 heteroatoms. The van der Waals surface area contributed by atoms with Gasteiger partial charge in [-0.15, -0.1) is 0 Å². The van der Waals surface area contributed by atoms with Crippen LogP contribution in [-0.2, 0) is 17.8 Å². The van der Waals surface area contributed by atoms with Crippen LogP contribution in [0.25, 0.3) is 11.0 Å². The van der Waals surface area contributed by atoms with E-state index >= 15 is 0 Å². The molecular weight excluding hydrogens is 354 g/mol. The van der Waals surface area contributed by atoms with Gasteiger partial charge in [0.25, 0.3) is 0 Å². The number of hydrogen-bond donors (Lipinski definition) is 2. The quantitative estimate of drug-likeness (QED) is 0.710. The third kappa shape index (κ3) is 3.81. The summed E-state index contributed by atoms with van der Waals surface area (Å²) in [4.78, 5) is 20.8. The number of carbonyl (C=O) groups excluding carboxylic acids is 1.